The smallest absolute Gasteiger partial charge is 0.343 e. The maximum Gasteiger partial charge on any atom is 0.343 e. The lowest BCUT2D eigenvalue weighted by molar-refractivity contribution is 0.0224. The van der Waals surface area contributed by atoms with Crippen LogP contribution in [0.15, 0.2) is 30.3 Å². The molecule has 2 heterocycles. The second-order valence-corrected chi connectivity index (χ2v) is 8.52. The van der Waals surface area contributed by atoms with Gasteiger partial charge in [0.05, 0.1) is 26.7 Å². The van der Waals surface area contributed by atoms with Crippen molar-refractivity contribution in [2.24, 2.45) is 0 Å². The number of phenols is 2. The van der Waals surface area contributed by atoms with E-state index in [1.165, 1.54) is 12.1 Å². The first-order valence-corrected chi connectivity index (χ1v) is 10.3. The molecule has 5 rings (SSSR count). The number of hydrogen-bond acceptors (Lipinski definition) is 6. The third kappa shape index (κ3) is 2.45. The van der Waals surface area contributed by atoms with E-state index < -0.39 is 45.4 Å². The molecule has 0 aliphatic carbocycles. The maximum atomic E-state index is 12.9. The Morgan fingerprint density at radius 3 is 2.28 bits per heavy atom. The van der Waals surface area contributed by atoms with Crippen LogP contribution >= 0.6 is 46.4 Å². The number of hydrogen-bond donors (Lipinski definition) is 3. The van der Waals surface area contributed by atoms with Gasteiger partial charge in [-0.2, -0.15) is 0 Å². The lowest BCUT2D eigenvalue weighted by Crippen LogP contribution is -2.34. The predicted octanol–water partition coefficient (Wildman–Crippen LogP) is 5.98. The molecule has 1 unspecified atom stereocenters. The van der Waals surface area contributed by atoms with Gasteiger partial charge in [-0.25, -0.2) is 9.59 Å². The number of aromatic hydroxyl groups is 2. The molecule has 3 N–H and O–H groups in total. The summed E-state index contributed by atoms with van der Waals surface area (Å²) in [6, 6.07) is 7.55. The van der Waals surface area contributed by atoms with Crippen LogP contribution in [0.5, 0.6) is 23.0 Å². The second kappa shape index (κ2) is 6.83. The Kier molecular flexibility index (Phi) is 4.49. The highest BCUT2D eigenvalue weighted by molar-refractivity contribution is 6.46. The monoisotopic (exact) mass is 512 g/mol. The minimum absolute atomic E-state index is 0.0248. The van der Waals surface area contributed by atoms with Crippen molar-refractivity contribution in [3.8, 4) is 23.0 Å². The fraction of sp³-hybridized carbons (Fsp3) is 0.0476. The summed E-state index contributed by atoms with van der Waals surface area (Å²) in [4.78, 5) is 24.9. The van der Waals surface area contributed by atoms with E-state index in [9.17, 15) is 24.9 Å². The van der Waals surface area contributed by atoms with E-state index in [0.717, 1.165) is 0 Å². The molecule has 0 bridgehead atoms. The van der Waals surface area contributed by atoms with Gasteiger partial charge < -0.3 is 24.8 Å². The van der Waals surface area contributed by atoms with Gasteiger partial charge in [0.2, 0.25) is 0 Å². The van der Waals surface area contributed by atoms with Crippen molar-refractivity contribution in [3.63, 3.8) is 0 Å². The Morgan fingerprint density at radius 1 is 0.906 bits per heavy atom. The molecule has 2 aliphatic heterocycles. The van der Waals surface area contributed by atoms with Gasteiger partial charge in [-0.05, 0) is 12.1 Å². The lowest BCUT2D eigenvalue weighted by atomic mass is 9.76. The molecule has 0 radical (unpaired) electrons. The summed E-state index contributed by atoms with van der Waals surface area (Å²) < 4.78 is 11.6. The van der Waals surface area contributed by atoms with E-state index in [2.05, 4.69) is 0 Å². The molecular weight excluding hydrogens is 506 g/mol. The predicted molar refractivity (Wildman–Crippen MR) is 115 cm³/mol. The Morgan fingerprint density at radius 2 is 1.59 bits per heavy atom. The minimum atomic E-state index is -1.88. The molecule has 32 heavy (non-hydrogen) atoms. The summed E-state index contributed by atoms with van der Waals surface area (Å²) in [5.74, 6) is -4.39. The zero-order valence-corrected chi connectivity index (χ0v) is 18.4. The highest BCUT2D eigenvalue weighted by Gasteiger charge is 2.57. The highest BCUT2D eigenvalue weighted by Crippen LogP contribution is 2.63. The topological polar surface area (TPSA) is 113 Å². The molecule has 0 aromatic heterocycles. The van der Waals surface area contributed by atoms with Crippen LogP contribution in [0.3, 0.4) is 0 Å². The minimum Gasteiger partial charge on any atom is -0.505 e. The standard InChI is InChI=1S/C21H8Cl4O7/c22-9-5-8-17(10(15(9)26)19(28)29)31-18-11(12(23)13(24)16(27)14(18)25)21(8)7-4-2-1-3-6(7)20(30)32-21/h1-5,26-27H,(H,28,29). The van der Waals surface area contributed by atoms with Gasteiger partial charge in [-0.15, -0.1) is 0 Å². The van der Waals surface area contributed by atoms with Crippen LogP contribution in [0.25, 0.3) is 0 Å². The first kappa shape index (κ1) is 21.0. The summed E-state index contributed by atoms with van der Waals surface area (Å²) in [6.07, 6.45) is 0. The molecule has 11 heteroatoms. The zero-order chi connectivity index (χ0) is 23.1. The van der Waals surface area contributed by atoms with Gasteiger partial charge in [0.15, 0.2) is 28.6 Å². The molecule has 0 fully saturated rings. The normalized spacial score (nSPS) is 17.9. The largest absolute Gasteiger partial charge is 0.505 e. The Hall–Kier alpha value is -2.84. The molecule has 7 nitrogen and oxygen atoms in total. The maximum absolute atomic E-state index is 12.9. The van der Waals surface area contributed by atoms with Crippen molar-refractivity contribution in [3.05, 3.63) is 78.2 Å². The third-order valence-corrected chi connectivity index (χ3v) is 6.86. The highest BCUT2D eigenvalue weighted by atomic mass is 35.5. The second-order valence-electron chi connectivity index (χ2n) is 6.98. The van der Waals surface area contributed by atoms with E-state index in [4.69, 9.17) is 55.9 Å². The van der Waals surface area contributed by atoms with Gasteiger partial charge in [0.25, 0.3) is 0 Å². The molecule has 0 saturated heterocycles. The SMILES string of the molecule is O=C1OC2(c3ccccc31)c1cc(Cl)c(O)c(C(=O)O)c1Oc1c(Cl)c(O)c(Cl)c(Cl)c12. The summed E-state index contributed by atoms with van der Waals surface area (Å²) in [6.45, 7) is 0. The van der Waals surface area contributed by atoms with Gasteiger partial charge in [-0.1, -0.05) is 64.6 Å². The van der Waals surface area contributed by atoms with Crippen LogP contribution in [-0.2, 0) is 10.3 Å². The van der Waals surface area contributed by atoms with E-state index in [1.54, 1.807) is 18.2 Å². The summed E-state index contributed by atoms with van der Waals surface area (Å²) in [5, 5.41) is 29.1. The number of rotatable bonds is 1. The average molecular weight is 514 g/mol. The van der Waals surface area contributed by atoms with Crippen LogP contribution < -0.4 is 4.74 Å². The Labute approximate surface area is 199 Å². The van der Waals surface area contributed by atoms with Gasteiger partial charge >= 0.3 is 11.9 Å². The number of carboxylic acid groups (broad SMARTS) is 1. The summed E-state index contributed by atoms with van der Waals surface area (Å²) >= 11 is 25.1. The van der Waals surface area contributed by atoms with Crippen molar-refractivity contribution in [1.29, 1.82) is 0 Å². The fourth-order valence-electron chi connectivity index (χ4n) is 4.07. The van der Waals surface area contributed by atoms with E-state index in [-0.39, 0.29) is 43.1 Å². The van der Waals surface area contributed by atoms with Crippen molar-refractivity contribution in [2.75, 3.05) is 0 Å². The number of carbonyl (C=O) groups excluding carboxylic acids is 1. The molecule has 3 aromatic rings. The van der Waals surface area contributed by atoms with Crippen LogP contribution in [0.1, 0.15) is 37.4 Å². The van der Waals surface area contributed by atoms with Gasteiger partial charge in [0.1, 0.15) is 15.6 Å². The number of halogens is 4. The molecule has 1 spiro atoms. The number of aromatic carboxylic acids is 1. The van der Waals surface area contributed by atoms with Crippen LogP contribution in [0, 0.1) is 0 Å². The fourth-order valence-corrected chi connectivity index (χ4v) is 5.04. The molecule has 162 valence electrons. The summed E-state index contributed by atoms with van der Waals surface area (Å²) in [5.41, 5.74) is -2.17. The van der Waals surface area contributed by atoms with Crippen LogP contribution in [-0.4, -0.2) is 27.3 Å². The molecule has 3 aromatic carbocycles. The van der Waals surface area contributed by atoms with Crippen LogP contribution in [0.2, 0.25) is 20.1 Å². The number of carbonyl (C=O) groups is 2. The number of esters is 1. The Balaban J connectivity index is 2.04. The van der Waals surface area contributed by atoms with Crippen molar-refractivity contribution < 1.29 is 34.4 Å². The van der Waals surface area contributed by atoms with Gasteiger partial charge in [-0.3, -0.25) is 0 Å². The molecule has 1 atom stereocenters. The number of ether oxygens (including phenoxy) is 2. The average Bonchev–Trinajstić information content (AvgIpc) is 3.05. The Bertz CT molecular complexity index is 1400. The quantitative estimate of drug-likeness (QED) is 0.271. The number of fused-ring (bicyclic) bond motifs is 6. The molecule has 0 saturated carbocycles. The van der Waals surface area contributed by atoms with Crippen molar-refractivity contribution in [1.82, 2.24) is 0 Å². The van der Waals surface area contributed by atoms with E-state index in [0.29, 0.717) is 0 Å². The van der Waals surface area contributed by atoms with E-state index in [1.807, 2.05) is 0 Å². The number of phenolic OH excluding ortho intramolecular Hbond substituents is 1. The van der Waals surface area contributed by atoms with Gasteiger partial charge in [0, 0.05) is 5.56 Å². The summed E-state index contributed by atoms with van der Waals surface area (Å²) in [7, 11) is 0. The zero-order valence-electron chi connectivity index (χ0n) is 15.4. The molecular formula is C21H8Cl4O7. The number of carboxylic acids is 1. The molecule has 0 amide bonds. The number of benzene rings is 3. The molecule has 2 aliphatic rings. The van der Waals surface area contributed by atoms with Crippen molar-refractivity contribution in [2.45, 2.75) is 5.60 Å². The third-order valence-electron chi connectivity index (χ3n) is 5.38. The first-order chi connectivity index (χ1) is 15.1. The lowest BCUT2D eigenvalue weighted by Gasteiger charge is -2.38. The van der Waals surface area contributed by atoms with Crippen LogP contribution in [0.4, 0.5) is 0 Å². The first-order valence-electron chi connectivity index (χ1n) is 8.81. The van der Waals surface area contributed by atoms with E-state index >= 15 is 0 Å². The van der Waals surface area contributed by atoms with Crippen molar-refractivity contribution >= 4 is 58.3 Å².